The number of rotatable bonds is 7. The maximum absolute atomic E-state index is 12.0. The zero-order valence-corrected chi connectivity index (χ0v) is 15.5. The van der Waals surface area contributed by atoms with Gasteiger partial charge >= 0.3 is 5.97 Å². The van der Waals surface area contributed by atoms with Gasteiger partial charge in [0.2, 0.25) is 5.88 Å². The number of aryl methyl sites for hydroxylation is 1. The highest BCUT2D eigenvalue weighted by atomic mass is 79.9. The van der Waals surface area contributed by atoms with Crippen LogP contribution in [-0.2, 0) is 23.0 Å². The summed E-state index contributed by atoms with van der Waals surface area (Å²) >= 11 is 3.46. The average molecular weight is 397 g/mol. The average Bonchev–Trinajstić information content (AvgIpc) is 2.85. The number of nitrogens with zero attached hydrogens (tertiary/aromatic N) is 2. The van der Waals surface area contributed by atoms with E-state index in [1.54, 1.807) is 27.1 Å². The Labute approximate surface area is 149 Å². The lowest BCUT2D eigenvalue weighted by Gasteiger charge is -2.19. The van der Waals surface area contributed by atoms with Gasteiger partial charge in [-0.25, -0.2) is 4.68 Å². The van der Waals surface area contributed by atoms with Crippen molar-refractivity contribution in [1.82, 2.24) is 9.78 Å². The fraction of sp³-hybridized carbons (Fsp3) is 0.412. The molecule has 0 bridgehead atoms. The summed E-state index contributed by atoms with van der Waals surface area (Å²) in [7, 11) is 3.26. The van der Waals surface area contributed by atoms with Crippen LogP contribution in [0.5, 0.6) is 11.6 Å². The molecule has 7 heteroatoms. The largest absolute Gasteiger partial charge is 0.496 e. The number of ether oxygens (including phenoxy) is 2. The highest BCUT2D eigenvalue weighted by Crippen LogP contribution is 2.34. The van der Waals surface area contributed by atoms with Crippen LogP contribution in [0.25, 0.3) is 0 Å². The van der Waals surface area contributed by atoms with Crippen LogP contribution >= 0.6 is 15.9 Å². The van der Waals surface area contributed by atoms with Crippen LogP contribution in [0.3, 0.4) is 0 Å². The molecule has 1 aromatic heterocycles. The molecule has 1 aromatic carbocycles. The van der Waals surface area contributed by atoms with Gasteiger partial charge in [0.25, 0.3) is 0 Å². The number of methoxy groups -OCH3 is 1. The molecule has 0 saturated heterocycles. The molecular formula is C17H21BrN2O4. The van der Waals surface area contributed by atoms with Crippen molar-refractivity contribution in [3.05, 3.63) is 40.0 Å². The van der Waals surface area contributed by atoms with Gasteiger partial charge in [-0.05, 0) is 37.1 Å². The summed E-state index contributed by atoms with van der Waals surface area (Å²) in [5, 5.41) is 14.0. The lowest BCUT2D eigenvalue weighted by atomic mass is 9.90. The van der Waals surface area contributed by atoms with Crippen LogP contribution in [0.15, 0.2) is 28.7 Å². The molecule has 6 nitrogen and oxygen atoms in total. The van der Waals surface area contributed by atoms with E-state index in [1.807, 2.05) is 18.2 Å². The molecule has 2 rings (SSSR count). The van der Waals surface area contributed by atoms with Crippen molar-refractivity contribution in [1.29, 1.82) is 0 Å². The van der Waals surface area contributed by atoms with Crippen molar-refractivity contribution in [3.63, 3.8) is 0 Å². The smallest absolute Gasteiger partial charge is 0.306 e. The minimum Gasteiger partial charge on any atom is -0.496 e. The molecule has 1 unspecified atom stereocenters. The fourth-order valence-corrected chi connectivity index (χ4v) is 2.98. The van der Waals surface area contributed by atoms with Crippen LogP contribution < -0.4 is 4.74 Å². The van der Waals surface area contributed by atoms with Crippen LogP contribution in [-0.4, -0.2) is 34.6 Å². The fourth-order valence-electron chi connectivity index (χ4n) is 2.60. The van der Waals surface area contributed by atoms with Crippen molar-refractivity contribution in [2.24, 2.45) is 7.05 Å². The molecule has 1 atom stereocenters. The van der Waals surface area contributed by atoms with E-state index >= 15 is 0 Å². The Hall–Kier alpha value is -2.02. The lowest BCUT2D eigenvalue weighted by molar-refractivity contribution is -0.143. The first-order valence-corrected chi connectivity index (χ1v) is 8.44. The first-order chi connectivity index (χ1) is 11.4. The van der Waals surface area contributed by atoms with Crippen molar-refractivity contribution in [2.75, 3.05) is 13.7 Å². The molecule has 24 heavy (non-hydrogen) atoms. The predicted molar refractivity (Wildman–Crippen MR) is 93.3 cm³/mol. The third-order valence-corrected chi connectivity index (χ3v) is 4.20. The summed E-state index contributed by atoms with van der Waals surface area (Å²) in [5.74, 6) is 0.337. The number of esters is 1. The molecule has 1 heterocycles. The van der Waals surface area contributed by atoms with Gasteiger partial charge in [0.15, 0.2) is 0 Å². The highest BCUT2D eigenvalue weighted by Gasteiger charge is 2.23. The van der Waals surface area contributed by atoms with E-state index in [-0.39, 0.29) is 24.2 Å². The molecule has 0 aliphatic heterocycles. The number of aromatic nitrogens is 2. The Morgan fingerprint density at radius 1 is 1.42 bits per heavy atom. The van der Waals surface area contributed by atoms with Crippen LogP contribution in [0.1, 0.15) is 30.5 Å². The zero-order valence-electron chi connectivity index (χ0n) is 14.0. The minimum absolute atomic E-state index is 0.0843. The zero-order chi connectivity index (χ0) is 17.7. The minimum atomic E-state index is -0.273. The van der Waals surface area contributed by atoms with Crippen LogP contribution in [0, 0.1) is 0 Å². The monoisotopic (exact) mass is 396 g/mol. The standard InChI is InChI=1S/C17H21BrN2O4/c1-4-24-17(22)8-11(7-13-10-16(21)20(2)19-13)14-9-12(18)5-6-15(14)23-3/h5-6,9-11,21H,4,7-8H2,1-3H3. The van der Waals surface area contributed by atoms with E-state index in [4.69, 9.17) is 9.47 Å². The van der Waals surface area contributed by atoms with Gasteiger partial charge in [-0.2, -0.15) is 5.10 Å². The van der Waals surface area contributed by atoms with Gasteiger partial charge in [0.1, 0.15) is 5.75 Å². The van der Waals surface area contributed by atoms with E-state index < -0.39 is 0 Å². The Balaban J connectivity index is 2.35. The molecular weight excluding hydrogens is 376 g/mol. The van der Waals surface area contributed by atoms with Gasteiger partial charge in [0.05, 0.1) is 25.8 Å². The molecule has 0 saturated carbocycles. The second-order valence-corrected chi connectivity index (χ2v) is 6.33. The lowest BCUT2D eigenvalue weighted by Crippen LogP contribution is -2.14. The summed E-state index contributed by atoms with van der Waals surface area (Å²) < 4.78 is 12.8. The van der Waals surface area contributed by atoms with Gasteiger partial charge in [-0.3, -0.25) is 4.79 Å². The van der Waals surface area contributed by atoms with E-state index in [1.165, 1.54) is 4.68 Å². The summed E-state index contributed by atoms with van der Waals surface area (Å²) in [6.07, 6.45) is 0.692. The van der Waals surface area contributed by atoms with E-state index in [2.05, 4.69) is 21.0 Å². The predicted octanol–water partition coefficient (Wildman–Crippen LogP) is 3.18. The Morgan fingerprint density at radius 3 is 2.75 bits per heavy atom. The second-order valence-electron chi connectivity index (χ2n) is 5.41. The molecule has 1 N–H and O–H groups in total. The molecule has 0 radical (unpaired) electrons. The molecule has 0 spiro atoms. The molecule has 0 fully saturated rings. The van der Waals surface area contributed by atoms with Crippen molar-refractivity contribution in [2.45, 2.75) is 25.7 Å². The van der Waals surface area contributed by atoms with Crippen molar-refractivity contribution in [3.8, 4) is 11.6 Å². The Morgan fingerprint density at radius 2 is 2.17 bits per heavy atom. The molecule has 2 aromatic rings. The maximum atomic E-state index is 12.0. The normalized spacial score (nSPS) is 12.0. The summed E-state index contributed by atoms with van der Waals surface area (Å²) in [6.45, 7) is 2.12. The highest BCUT2D eigenvalue weighted by molar-refractivity contribution is 9.10. The second kappa shape index (κ2) is 8.19. The SMILES string of the molecule is CCOC(=O)CC(Cc1cc(O)n(C)n1)c1cc(Br)ccc1OC. The first-order valence-electron chi connectivity index (χ1n) is 7.65. The summed E-state index contributed by atoms with van der Waals surface area (Å²) in [5.41, 5.74) is 1.59. The molecule has 0 aliphatic rings. The van der Waals surface area contributed by atoms with Crippen molar-refractivity contribution < 1.29 is 19.4 Å². The molecule has 0 aliphatic carbocycles. The van der Waals surface area contributed by atoms with E-state index in [9.17, 15) is 9.90 Å². The van der Waals surface area contributed by atoms with Crippen LogP contribution in [0.4, 0.5) is 0 Å². The Bertz CT molecular complexity index is 695. The third kappa shape index (κ3) is 4.50. The van der Waals surface area contributed by atoms with Crippen molar-refractivity contribution >= 4 is 21.9 Å². The maximum Gasteiger partial charge on any atom is 0.306 e. The quantitative estimate of drug-likeness (QED) is 0.727. The van der Waals surface area contributed by atoms with E-state index in [0.29, 0.717) is 24.5 Å². The van der Waals surface area contributed by atoms with Gasteiger partial charge in [0, 0.05) is 23.5 Å². The van der Waals surface area contributed by atoms with Gasteiger partial charge in [-0.15, -0.1) is 0 Å². The third-order valence-electron chi connectivity index (χ3n) is 3.71. The van der Waals surface area contributed by atoms with E-state index in [0.717, 1.165) is 10.0 Å². The number of aromatic hydroxyl groups is 1. The Kier molecular flexibility index (Phi) is 6.25. The first kappa shape index (κ1) is 18.3. The van der Waals surface area contributed by atoms with Gasteiger partial charge < -0.3 is 14.6 Å². The summed E-state index contributed by atoms with van der Waals surface area (Å²) in [6, 6.07) is 7.28. The number of benzene rings is 1. The number of carbonyl (C=O) groups excluding carboxylic acids is 1. The number of hydrogen-bond acceptors (Lipinski definition) is 5. The van der Waals surface area contributed by atoms with Gasteiger partial charge in [-0.1, -0.05) is 15.9 Å². The number of carbonyl (C=O) groups is 1. The molecule has 0 amide bonds. The topological polar surface area (TPSA) is 73.6 Å². The number of halogens is 1. The molecule has 130 valence electrons. The number of hydrogen-bond donors (Lipinski definition) is 1. The van der Waals surface area contributed by atoms with Crippen LogP contribution in [0.2, 0.25) is 0 Å². The summed E-state index contributed by atoms with van der Waals surface area (Å²) in [4.78, 5) is 12.0.